The Kier molecular flexibility index (Phi) is 3.97. The Morgan fingerprint density at radius 3 is 2.18 bits per heavy atom. The summed E-state index contributed by atoms with van der Waals surface area (Å²) in [4.78, 5) is 4.24. The summed E-state index contributed by atoms with van der Waals surface area (Å²) < 4.78 is 12.1. The van der Waals surface area contributed by atoms with Crippen LogP contribution in [0.1, 0.15) is 39.0 Å². The molecule has 2 aromatic rings. The van der Waals surface area contributed by atoms with Crippen LogP contribution in [-0.2, 0) is 9.31 Å². The molecule has 2 heterocycles. The van der Waals surface area contributed by atoms with Crippen molar-refractivity contribution in [2.75, 3.05) is 0 Å². The molecule has 0 saturated carbocycles. The maximum atomic E-state index is 6.06. The molecule has 3 nitrogen and oxygen atoms in total. The van der Waals surface area contributed by atoms with Crippen molar-refractivity contribution in [3.8, 4) is 0 Å². The molecule has 1 fully saturated rings. The van der Waals surface area contributed by atoms with E-state index in [9.17, 15) is 0 Å². The minimum Gasteiger partial charge on any atom is -0.399 e. The number of aromatic nitrogens is 1. The Morgan fingerprint density at radius 1 is 1.00 bits per heavy atom. The molecule has 114 valence electrons. The van der Waals surface area contributed by atoms with Crippen molar-refractivity contribution in [3.05, 3.63) is 46.4 Å². The Labute approximate surface area is 136 Å². The largest absolute Gasteiger partial charge is 0.494 e. The van der Waals surface area contributed by atoms with Crippen molar-refractivity contribution >= 4 is 36.1 Å². The summed E-state index contributed by atoms with van der Waals surface area (Å²) in [6.45, 7) is 8.27. The van der Waals surface area contributed by atoms with E-state index in [0.29, 0.717) is 0 Å². The van der Waals surface area contributed by atoms with E-state index >= 15 is 0 Å². The third-order valence-corrected chi connectivity index (χ3v) is 4.96. The molecule has 0 spiro atoms. The molecule has 1 saturated heterocycles. The third-order valence-electron chi connectivity index (χ3n) is 4.36. The van der Waals surface area contributed by atoms with Crippen LogP contribution in [0.4, 0.5) is 0 Å². The van der Waals surface area contributed by atoms with Crippen molar-refractivity contribution in [1.82, 2.24) is 4.98 Å². The maximum Gasteiger partial charge on any atom is 0.494 e. The lowest BCUT2D eigenvalue weighted by atomic mass is 9.79. The van der Waals surface area contributed by atoms with E-state index in [2.05, 4.69) is 63.0 Å². The summed E-state index contributed by atoms with van der Waals surface area (Å²) in [6, 6.07) is 8.26. The highest BCUT2D eigenvalue weighted by Crippen LogP contribution is 2.36. The zero-order chi connectivity index (χ0) is 15.8. The normalized spacial score (nSPS) is 19.9. The van der Waals surface area contributed by atoms with E-state index in [1.54, 1.807) is 11.3 Å². The number of benzene rings is 1. The molecule has 0 atom stereocenters. The average molecular weight is 313 g/mol. The van der Waals surface area contributed by atoms with E-state index in [0.717, 1.165) is 16.7 Å². The number of hydrogen-bond donors (Lipinski definition) is 0. The molecule has 22 heavy (non-hydrogen) atoms. The second kappa shape index (κ2) is 5.65. The highest BCUT2D eigenvalue weighted by Gasteiger charge is 2.51. The van der Waals surface area contributed by atoms with Gasteiger partial charge in [-0.2, -0.15) is 0 Å². The molecule has 1 aromatic heterocycles. The van der Waals surface area contributed by atoms with Crippen molar-refractivity contribution in [2.45, 2.75) is 38.9 Å². The fraction of sp³-hybridized carbons (Fsp3) is 0.353. The first-order valence-corrected chi connectivity index (χ1v) is 8.34. The van der Waals surface area contributed by atoms with Crippen molar-refractivity contribution in [1.29, 1.82) is 0 Å². The van der Waals surface area contributed by atoms with Gasteiger partial charge < -0.3 is 9.31 Å². The molecular formula is C17H20BNO2S. The van der Waals surface area contributed by atoms with Crippen LogP contribution < -0.4 is 5.46 Å². The molecule has 1 aromatic carbocycles. The van der Waals surface area contributed by atoms with Gasteiger partial charge in [0.1, 0.15) is 0 Å². The van der Waals surface area contributed by atoms with Crippen LogP contribution >= 0.6 is 11.3 Å². The van der Waals surface area contributed by atoms with Crippen molar-refractivity contribution < 1.29 is 9.31 Å². The van der Waals surface area contributed by atoms with Gasteiger partial charge in [0.2, 0.25) is 0 Å². The lowest BCUT2D eigenvalue weighted by Crippen LogP contribution is -2.41. The highest BCUT2D eigenvalue weighted by molar-refractivity contribution is 7.07. The number of thiazole rings is 1. The van der Waals surface area contributed by atoms with E-state index < -0.39 is 0 Å². The first kappa shape index (κ1) is 15.5. The maximum absolute atomic E-state index is 6.06. The van der Waals surface area contributed by atoms with Gasteiger partial charge in [0.15, 0.2) is 0 Å². The van der Waals surface area contributed by atoms with E-state index in [4.69, 9.17) is 9.31 Å². The SMILES string of the molecule is CC1(C)OB(c2ccc(C=Cc3cscn3)cc2)OC1(C)C. The van der Waals surface area contributed by atoms with Crippen LogP contribution in [0.15, 0.2) is 35.2 Å². The third kappa shape index (κ3) is 3.02. The first-order valence-electron chi connectivity index (χ1n) is 7.39. The number of nitrogens with zero attached hydrogens (tertiary/aromatic N) is 1. The average Bonchev–Trinajstić information content (AvgIpc) is 3.04. The number of hydrogen-bond acceptors (Lipinski definition) is 4. The van der Waals surface area contributed by atoms with E-state index in [1.807, 2.05) is 17.0 Å². The zero-order valence-electron chi connectivity index (χ0n) is 13.4. The van der Waals surface area contributed by atoms with Crippen LogP contribution in [0, 0.1) is 0 Å². The predicted octanol–water partition coefficient (Wildman–Crippen LogP) is 3.61. The molecule has 0 aliphatic carbocycles. The summed E-state index contributed by atoms with van der Waals surface area (Å²) in [7, 11) is -0.304. The van der Waals surface area contributed by atoms with Gasteiger partial charge in [-0.3, -0.25) is 0 Å². The molecule has 0 bridgehead atoms. The van der Waals surface area contributed by atoms with E-state index in [-0.39, 0.29) is 18.3 Å². The fourth-order valence-electron chi connectivity index (χ4n) is 2.23. The van der Waals surface area contributed by atoms with Gasteiger partial charge in [0.05, 0.1) is 22.4 Å². The van der Waals surface area contributed by atoms with Gasteiger partial charge in [-0.1, -0.05) is 30.3 Å². The Balaban J connectivity index is 1.73. The lowest BCUT2D eigenvalue weighted by molar-refractivity contribution is 0.00578. The topological polar surface area (TPSA) is 31.4 Å². The Bertz CT molecular complexity index is 646. The van der Waals surface area contributed by atoms with Gasteiger partial charge in [-0.25, -0.2) is 4.98 Å². The summed E-state index contributed by atoms with van der Waals surface area (Å²) in [5.74, 6) is 0. The molecular weight excluding hydrogens is 293 g/mol. The molecule has 5 heteroatoms. The molecule has 0 radical (unpaired) electrons. The quantitative estimate of drug-likeness (QED) is 0.811. The summed E-state index contributed by atoms with van der Waals surface area (Å²) >= 11 is 1.60. The first-order chi connectivity index (χ1) is 10.4. The van der Waals surface area contributed by atoms with Gasteiger partial charge in [0.25, 0.3) is 0 Å². The van der Waals surface area contributed by atoms with Gasteiger partial charge in [-0.05, 0) is 44.8 Å². The van der Waals surface area contributed by atoms with Crippen LogP contribution in [0.3, 0.4) is 0 Å². The Morgan fingerprint density at radius 2 is 1.64 bits per heavy atom. The number of rotatable bonds is 3. The smallest absolute Gasteiger partial charge is 0.399 e. The van der Waals surface area contributed by atoms with Crippen molar-refractivity contribution in [3.63, 3.8) is 0 Å². The van der Waals surface area contributed by atoms with Crippen LogP contribution in [0.25, 0.3) is 12.2 Å². The Hall–Kier alpha value is -1.43. The second-order valence-electron chi connectivity index (χ2n) is 6.50. The lowest BCUT2D eigenvalue weighted by Gasteiger charge is -2.32. The van der Waals surface area contributed by atoms with Crippen LogP contribution in [0.5, 0.6) is 0 Å². The summed E-state index contributed by atoms with van der Waals surface area (Å²) in [6.07, 6.45) is 4.07. The fourth-order valence-corrected chi connectivity index (χ4v) is 2.75. The summed E-state index contributed by atoms with van der Waals surface area (Å²) in [5, 5.41) is 2.02. The minimum absolute atomic E-state index is 0.304. The van der Waals surface area contributed by atoms with E-state index in [1.165, 1.54) is 0 Å². The van der Waals surface area contributed by atoms with Gasteiger partial charge >= 0.3 is 7.12 Å². The van der Waals surface area contributed by atoms with Crippen molar-refractivity contribution in [2.24, 2.45) is 0 Å². The highest BCUT2D eigenvalue weighted by atomic mass is 32.1. The minimum atomic E-state index is -0.305. The summed E-state index contributed by atoms with van der Waals surface area (Å²) in [5.41, 5.74) is 4.39. The standard InChI is InChI=1S/C17H20BNO2S/c1-16(2)17(3,4)21-18(20-16)14-8-5-13(6-9-14)7-10-15-11-22-12-19-15/h5-12H,1-4H3. The monoisotopic (exact) mass is 313 g/mol. The predicted molar refractivity (Wildman–Crippen MR) is 93.2 cm³/mol. The van der Waals surface area contributed by atoms with Gasteiger partial charge in [-0.15, -0.1) is 11.3 Å². The zero-order valence-corrected chi connectivity index (χ0v) is 14.2. The molecule has 0 unspecified atom stereocenters. The molecule has 0 amide bonds. The second-order valence-corrected chi connectivity index (χ2v) is 7.22. The molecule has 1 aliphatic rings. The van der Waals surface area contributed by atoms with Gasteiger partial charge in [0, 0.05) is 5.38 Å². The molecule has 3 rings (SSSR count). The molecule has 1 aliphatic heterocycles. The van der Waals surface area contributed by atoms with Crippen LogP contribution in [0.2, 0.25) is 0 Å². The molecule has 0 N–H and O–H groups in total. The van der Waals surface area contributed by atoms with Crippen LogP contribution in [-0.4, -0.2) is 23.3 Å².